The van der Waals surface area contributed by atoms with E-state index in [1.165, 1.54) is 13.1 Å². The van der Waals surface area contributed by atoms with Gasteiger partial charge in [-0.1, -0.05) is 27.5 Å². The van der Waals surface area contributed by atoms with Crippen LogP contribution in [0.3, 0.4) is 0 Å². The zero-order valence-corrected chi connectivity index (χ0v) is 10.7. The van der Waals surface area contributed by atoms with Gasteiger partial charge >= 0.3 is 5.97 Å². The molecule has 1 aromatic carbocycles. The topological polar surface area (TPSA) is 57.6 Å². The normalized spacial score (nSPS) is 9.94. The number of carbonyl (C=O) groups is 2. The van der Waals surface area contributed by atoms with E-state index >= 15 is 0 Å². The maximum Gasteiger partial charge on any atom is 0.323 e. The minimum Gasteiger partial charge on any atom is -0.480 e. The number of amides is 1. The predicted molar refractivity (Wildman–Crippen MR) is 63.7 cm³/mol. The zero-order chi connectivity index (χ0) is 12.3. The zero-order valence-electron chi connectivity index (χ0n) is 8.41. The number of carbonyl (C=O) groups excluding carboxylic acids is 1. The van der Waals surface area contributed by atoms with Crippen molar-refractivity contribution in [2.24, 2.45) is 0 Å². The van der Waals surface area contributed by atoms with Gasteiger partial charge in [-0.2, -0.15) is 0 Å². The van der Waals surface area contributed by atoms with Crippen LogP contribution in [0.5, 0.6) is 0 Å². The molecular weight excluding hydrogens is 297 g/mol. The Morgan fingerprint density at radius 3 is 2.56 bits per heavy atom. The molecule has 0 aliphatic rings. The van der Waals surface area contributed by atoms with Gasteiger partial charge in [0, 0.05) is 22.1 Å². The molecule has 0 fully saturated rings. The number of aliphatic carboxylic acids is 1. The van der Waals surface area contributed by atoms with Crippen LogP contribution in [0.2, 0.25) is 5.02 Å². The molecule has 0 saturated carbocycles. The average molecular weight is 307 g/mol. The van der Waals surface area contributed by atoms with Crippen LogP contribution >= 0.6 is 27.5 Å². The van der Waals surface area contributed by atoms with Crippen LogP contribution < -0.4 is 0 Å². The molecular formula is C10H9BrClNO3. The highest BCUT2D eigenvalue weighted by Crippen LogP contribution is 2.20. The lowest BCUT2D eigenvalue weighted by molar-refractivity contribution is -0.137. The molecule has 0 unspecified atom stereocenters. The van der Waals surface area contributed by atoms with Crippen molar-refractivity contribution in [3.05, 3.63) is 33.3 Å². The summed E-state index contributed by atoms with van der Waals surface area (Å²) in [6, 6.07) is 4.73. The van der Waals surface area contributed by atoms with Gasteiger partial charge in [-0.25, -0.2) is 0 Å². The van der Waals surface area contributed by atoms with Crippen molar-refractivity contribution in [1.82, 2.24) is 4.90 Å². The van der Waals surface area contributed by atoms with Crippen molar-refractivity contribution in [3.63, 3.8) is 0 Å². The lowest BCUT2D eigenvalue weighted by Crippen LogP contribution is -2.31. The monoisotopic (exact) mass is 305 g/mol. The van der Waals surface area contributed by atoms with Gasteiger partial charge in [0.05, 0.1) is 0 Å². The Morgan fingerprint density at radius 2 is 2.06 bits per heavy atom. The van der Waals surface area contributed by atoms with E-state index < -0.39 is 5.97 Å². The number of benzene rings is 1. The molecule has 0 aliphatic heterocycles. The molecule has 1 rings (SSSR count). The number of hydrogen-bond acceptors (Lipinski definition) is 2. The smallest absolute Gasteiger partial charge is 0.323 e. The first-order valence-corrected chi connectivity index (χ1v) is 5.50. The van der Waals surface area contributed by atoms with E-state index in [2.05, 4.69) is 15.9 Å². The molecule has 0 spiro atoms. The predicted octanol–water partition coefficient (Wildman–Crippen LogP) is 2.26. The van der Waals surface area contributed by atoms with Gasteiger partial charge in [0.2, 0.25) is 0 Å². The first kappa shape index (κ1) is 13.0. The summed E-state index contributed by atoms with van der Waals surface area (Å²) in [6.07, 6.45) is 0. The lowest BCUT2D eigenvalue weighted by atomic mass is 10.2. The average Bonchev–Trinajstić information content (AvgIpc) is 2.13. The van der Waals surface area contributed by atoms with E-state index in [1.807, 2.05) is 0 Å². The maximum absolute atomic E-state index is 11.8. The molecule has 0 radical (unpaired) electrons. The molecule has 1 amide bonds. The summed E-state index contributed by atoms with van der Waals surface area (Å²) >= 11 is 9.00. The molecule has 16 heavy (non-hydrogen) atoms. The summed E-state index contributed by atoms with van der Waals surface area (Å²) in [5.74, 6) is -1.44. The maximum atomic E-state index is 11.8. The van der Waals surface area contributed by atoms with Crippen molar-refractivity contribution in [3.8, 4) is 0 Å². The van der Waals surface area contributed by atoms with Crippen LogP contribution in [-0.4, -0.2) is 35.5 Å². The van der Waals surface area contributed by atoms with Crippen LogP contribution in [0.15, 0.2) is 22.7 Å². The van der Waals surface area contributed by atoms with Crippen LogP contribution in [0, 0.1) is 0 Å². The van der Waals surface area contributed by atoms with E-state index in [0.717, 1.165) is 4.90 Å². The number of carboxylic acids is 1. The van der Waals surface area contributed by atoms with E-state index in [1.54, 1.807) is 12.1 Å². The molecule has 0 atom stereocenters. The second-order valence-corrected chi connectivity index (χ2v) is 4.57. The largest absolute Gasteiger partial charge is 0.480 e. The molecule has 0 heterocycles. The summed E-state index contributed by atoms with van der Waals surface area (Å²) in [5.41, 5.74) is 0.350. The highest BCUT2D eigenvalue weighted by molar-refractivity contribution is 9.10. The Kier molecular flexibility index (Phi) is 4.32. The van der Waals surface area contributed by atoms with Crippen molar-refractivity contribution in [1.29, 1.82) is 0 Å². The molecule has 0 saturated heterocycles. The Morgan fingerprint density at radius 1 is 1.44 bits per heavy atom. The Bertz CT molecular complexity index is 416. The fourth-order valence-electron chi connectivity index (χ4n) is 1.17. The number of rotatable bonds is 3. The van der Waals surface area contributed by atoms with E-state index in [9.17, 15) is 9.59 Å². The Hall–Kier alpha value is -1.07. The second kappa shape index (κ2) is 5.32. The van der Waals surface area contributed by atoms with E-state index in [-0.39, 0.29) is 12.5 Å². The van der Waals surface area contributed by atoms with Crippen LogP contribution in [0.4, 0.5) is 0 Å². The van der Waals surface area contributed by atoms with Gasteiger partial charge in [-0.05, 0) is 18.2 Å². The minimum atomic E-state index is -1.06. The van der Waals surface area contributed by atoms with Crippen molar-refractivity contribution in [2.45, 2.75) is 0 Å². The number of hydrogen-bond donors (Lipinski definition) is 1. The van der Waals surface area contributed by atoms with Crippen molar-refractivity contribution in [2.75, 3.05) is 13.6 Å². The van der Waals surface area contributed by atoms with Gasteiger partial charge in [0.15, 0.2) is 0 Å². The van der Waals surface area contributed by atoms with Crippen LogP contribution in [0.1, 0.15) is 10.4 Å². The molecule has 0 aromatic heterocycles. The highest BCUT2D eigenvalue weighted by atomic mass is 79.9. The molecule has 0 bridgehead atoms. The third-order valence-corrected chi connectivity index (χ3v) is 2.50. The Labute approximate surface area is 106 Å². The molecule has 6 heteroatoms. The number of likely N-dealkylation sites (N-methyl/N-ethyl adjacent to an activating group) is 1. The summed E-state index contributed by atoms with van der Waals surface area (Å²) in [5, 5.41) is 8.98. The van der Waals surface area contributed by atoms with E-state index in [0.29, 0.717) is 15.1 Å². The molecule has 0 aliphatic carbocycles. The quantitative estimate of drug-likeness (QED) is 0.932. The molecule has 1 aromatic rings. The summed E-state index contributed by atoms with van der Waals surface area (Å²) in [7, 11) is 1.42. The summed E-state index contributed by atoms with van der Waals surface area (Å²) in [6.45, 7) is -0.344. The fourth-order valence-corrected chi connectivity index (χ4v) is 2.03. The first-order valence-electron chi connectivity index (χ1n) is 4.33. The number of carboxylic acid groups (broad SMARTS) is 1. The van der Waals surface area contributed by atoms with E-state index in [4.69, 9.17) is 16.7 Å². The van der Waals surface area contributed by atoms with Crippen LogP contribution in [-0.2, 0) is 4.79 Å². The SMILES string of the molecule is CN(CC(=O)O)C(=O)c1cc(Cl)cc(Br)c1. The van der Waals surface area contributed by atoms with Crippen molar-refractivity contribution >= 4 is 39.4 Å². The molecule has 4 nitrogen and oxygen atoms in total. The van der Waals surface area contributed by atoms with Crippen molar-refractivity contribution < 1.29 is 14.7 Å². The minimum absolute atomic E-state index is 0.344. The van der Waals surface area contributed by atoms with Gasteiger partial charge in [0.25, 0.3) is 5.91 Å². The standard InChI is InChI=1S/C10H9BrClNO3/c1-13(5-9(14)15)10(16)6-2-7(11)4-8(12)3-6/h2-4H,5H2,1H3,(H,14,15). The number of nitrogens with zero attached hydrogens (tertiary/aromatic N) is 1. The van der Waals surface area contributed by atoms with Gasteiger partial charge in [0.1, 0.15) is 6.54 Å². The molecule has 1 N–H and O–H groups in total. The highest BCUT2D eigenvalue weighted by Gasteiger charge is 2.15. The van der Waals surface area contributed by atoms with Crippen LogP contribution in [0.25, 0.3) is 0 Å². The summed E-state index contributed by atoms with van der Waals surface area (Å²) in [4.78, 5) is 23.3. The van der Waals surface area contributed by atoms with Gasteiger partial charge in [-0.15, -0.1) is 0 Å². The first-order chi connectivity index (χ1) is 7.40. The lowest BCUT2D eigenvalue weighted by Gasteiger charge is -2.14. The van der Waals surface area contributed by atoms with Gasteiger partial charge in [-0.3, -0.25) is 9.59 Å². The third-order valence-electron chi connectivity index (χ3n) is 1.83. The Balaban J connectivity index is 2.91. The van der Waals surface area contributed by atoms with Gasteiger partial charge < -0.3 is 10.0 Å². The summed E-state index contributed by atoms with van der Waals surface area (Å²) < 4.78 is 0.673. The number of halogens is 2. The second-order valence-electron chi connectivity index (χ2n) is 3.21. The molecule has 86 valence electrons. The fraction of sp³-hybridized carbons (Fsp3) is 0.200. The third kappa shape index (κ3) is 3.50.